The average Bonchev–Trinajstić information content (AvgIpc) is 2.48. The maximum absolute atomic E-state index is 12.7. The number of hydrogen-bond acceptors (Lipinski definition) is 5. The van der Waals surface area contributed by atoms with Crippen molar-refractivity contribution >= 4 is 22.4 Å². The van der Waals surface area contributed by atoms with Gasteiger partial charge in [0.1, 0.15) is 11.5 Å². The fourth-order valence-corrected chi connectivity index (χ4v) is 4.22. The second-order valence-electron chi connectivity index (χ2n) is 5.10. The smallest absolute Gasteiger partial charge is 0.248 e. The Bertz CT molecular complexity index is 572. The molecule has 0 bridgehead atoms. The Labute approximate surface area is 138 Å². The molecule has 1 aromatic rings. The Morgan fingerprint density at radius 2 is 1.82 bits per heavy atom. The van der Waals surface area contributed by atoms with Gasteiger partial charge in [-0.25, -0.2) is 13.1 Å². The summed E-state index contributed by atoms with van der Waals surface area (Å²) in [5.74, 6) is 0.552. The first kappa shape index (κ1) is 19.0. The SMILES string of the molecule is COc1cccc(OC)c1S(=O)(=O)NC1CCCNC1C.Cl. The molecule has 0 spiro atoms. The molecule has 2 unspecified atom stereocenters. The molecule has 1 saturated heterocycles. The Balaban J connectivity index is 0.00000242. The first-order valence-electron chi connectivity index (χ1n) is 6.96. The molecule has 0 amide bonds. The highest BCUT2D eigenvalue weighted by molar-refractivity contribution is 7.89. The van der Waals surface area contributed by atoms with Crippen LogP contribution in [0.2, 0.25) is 0 Å². The molecule has 126 valence electrons. The lowest BCUT2D eigenvalue weighted by Gasteiger charge is -2.30. The van der Waals surface area contributed by atoms with E-state index in [2.05, 4.69) is 10.0 Å². The van der Waals surface area contributed by atoms with Crippen molar-refractivity contribution < 1.29 is 17.9 Å². The fourth-order valence-electron chi connectivity index (χ4n) is 2.55. The van der Waals surface area contributed by atoms with Crippen LogP contribution in [0.1, 0.15) is 19.8 Å². The van der Waals surface area contributed by atoms with Crippen molar-refractivity contribution in [2.75, 3.05) is 20.8 Å². The van der Waals surface area contributed by atoms with Crippen LogP contribution in [0.15, 0.2) is 23.1 Å². The Kier molecular flexibility index (Phi) is 6.93. The zero-order valence-electron chi connectivity index (χ0n) is 13.0. The molecule has 0 saturated carbocycles. The number of hydrogen-bond donors (Lipinski definition) is 2. The van der Waals surface area contributed by atoms with Crippen LogP contribution < -0.4 is 19.5 Å². The van der Waals surface area contributed by atoms with Gasteiger partial charge in [-0.3, -0.25) is 0 Å². The maximum Gasteiger partial charge on any atom is 0.248 e. The predicted molar refractivity (Wildman–Crippen MR) is 87.6 cm³/mol. The van der Waals surface area contributed by atoms with E-state index >= 15 is 0 Å². The van der Waals surface area contributed by atoms with E-state index in [1.54, 1.807) is 18.2 Å². The highest BCUT2D eigenvalue weighted by atomic mass is 35.5. The van der Waals surface area contributed by atoms with Crippen molar-refractivity contribution in [2.45, 2.75) is 36.7 Å². The lowest BCUT2D eigenvalue weighted by Crippen LogP contribution is -2.51. The van der Waals surface area contributed by atoms with Crippen molar-refractivity contribution in [3.8, 4) is 11.5 Å². The number of piperidine rings is 1. The first-order chi connectivity index (χ1) is 9.99. The van der Waals surface area contributed by atoms with Crippen molar-refractivity contribution in [1.29, 1.82) is 0 Å². The summed E-state index contributed by atoms with van der Waals surface area (Å²) in [4.78, 5) is 0.0489. The molecule has 0 aromatic heterocycles. The quantitative estimate of drug-likeness (QED) is 0.842. The molecule has 1 fully saturated rings. The van der Waals surface area contributed by atoms with Crippen LogP contribution >= 0.6 is 12.4 Å². The Hall–Kier alpha value is -1.02. The van der Waals surface area contributed by atoms with E-state index < -0.39 is 10.0 Å². The summed E-state index contributed by atoms with van der Waals surface area (Å²) in [6.07, 6.45) is 1.76. The normalized spacial score (nSPS) is 21.8. The van der Waals surface area contributed by atoms with Gasteiger partial charge in [-0.1, -0.05) is 6.07 Å². The van der Waals surface area contributed by atoms with Crippen LogP contribution in [0.3, 0.4) is 0 Å². The van der Waals surface area contributed by atoms with Crippen LogP contribution in [0.25, 0.3) is 0 Å². The van der Waals surface area contributed by atoms with E-state index in [9.17, 15) is 8.42 Å². The van der Waals surface area contributed by atoms with Crippen LogP contribution in [-0.2, 0) is 10.0 Å². The molecule has 1 aromatic carbocycles. The molecule has 1 heterocycles. The zero-order chi connectivity index (χ0) is 15.5. The van der Waals surface area contributed by atoms with Crippen LogP contribution in [-0.4, -0.2) is 41.3 Å². The highest BCUT2D eigenvalue weighted by Crippen LogP contribution is 2.33. The van der Waals surface area contributed by atoms with E-state index in [1.165, 1.54) is 14.2 Å². The second-order valence-corrected chi connectivity index (χ2v) is 6.76. The minimum Gasteiger partial charge on any atom is -0.495 e. The molecular formula is C14H23ClN2O4S. The molecule has 2 N–H and O–H groups in total. The number of halogens is 1. The van der Waals surface area contributed by atoms with Gasteiger partial charge in [0.15, 0.2) is 4.90 Å². The van der Waals surface area contributed by atoms with Gasteiger partial charge in [-0.2, -0.15) is 0 Å². The third-order valence-electron chi connectivity index (χ3n) is 3.72. The third kappa shape index (κ3) is 4.04. The van der Waals surface area contributed by atoms with Crippen LogP contribution in [0.4, 0.5) is 0 Å². The number of sulfonamides is 1. The zero-order valence-corrected chi connectivity index (χ0v) is 14.6. The van der Waals surface area contributed by atoms with Gasteiger partial charge < -0.3 is 14.8 Å². The van der Waals surface area contributed by atoms with E-state index in [1.807, 2.05) is 6.92 Å². The summed E-state index contributed by atoms with van der Waals surface area (Å²) in [6, 6.07) is 4.87. The monoisotopic (exact) mass is 350 g/mol. The Morgan fingerprint density at radius 1 is 1.23 bits per heavy atom. The van der Waals surface area contributed by atoms with Gasteiger partial charge in [0, 0.05) is 12.1 Å². The first-order valence-corrected chi connectivity index (χ1v) is 8.44. The van der Waals surface area contributed by atoms with E-state index in [4.69, 9.17) is 9.47 Å². The number of benzene rings is 1. The topological polar surface area (TPSA) is 76.7 Å². The molecule has 8 heteroatoms. The molecule has 22 heavy (non-hydrogen) atoms. The fraction of sp³-hybridized carbons (Fsp3) is 0.571. The van der Waals surface area contributed by atoms with Gasteiger partial charge in [0.05, 0.1) is 14.2 Å². The van der Waals surface area contributed by atoms with Gasteiger partial charge in [-0.15, -0.1) is 12.4 Å². The summed E-state index contributed by atoms with van der Waals surface area (Å²) in [7, 11) is -0.832. The minimum atomic E-state index is -3.72. The largest absolute Gasteiger partial charge is 0.495 e. The summed E-state index contributed by atoms with van der Waals surface area (Å²) < 4.78 is 38.5. The molecule has 0 aliphatic carbocycles. The Morgan fingerprint density at radius 3 is 2.32 bits per heavy atom. The van der Waals surface area contributed by atoms with Crippen molar-refractivity contribution in [1.82, 2.24) is 10.0 Å². The molecular weight excluding hydrogens is 328 g/mol. The van der Waals surface area contributed by atoms with Crippen LogP contribution in [0.5, 0.6) is 11.5 Å². The van der Waals surface area contributed by atoms with Gasteiger partial charge >= 0.3 is 0 Å². The maximum atomic E-state index is 12.7. The summed E-state index contributed by atoms with van der Waals surface area (Å²) >= 11 is 0. The lowest BCUT2D eigenvalue weighted by molar-refractivity contribution is 0.345. The van der Waals surface area contributed by atoms with Gasteiger partial charge in [-0.05, 0) is 38.4 Å². The molecule has 2 rings (SSSR count). The van der Waals surface area contributed by atoms with Crippen molar-refractivity contribution in [3.05, 3.63) is 18.2 Å². The van der Waals surface area contributed by atoms with Gasteiger partial charge in [0.25, 0.3) is 0 Å². The minimum absolute atomic E-state index is 0. The molecule has 2 atom stereocenters. The second kappa shape index (κ2) is 8.01. The van der Waals surface area contributed by atoms with E-state index in [-0.39, 0.29) is 40.9 Å². The number of nitrogens with one attached hydrogen (secondary N) is 2. The van der Waals surface area contributed by atoms with Crippen LogP contribution in [0, 0.1) is 0 Å². The number of rotatable bonds is 5. The third-order valence-corrected chi connectivity index (χ3v) is 5.27. The predicted octanol–water partition coefficient (Wildman–Crippen LogP) is 1.54. The molecule has 0 radical (unpaired) electrons. The van der Waals surface area contributed by atoms with E-state index in [0.29, 0.717) is 0 Å². The molecule has 1 aliphatic rings. The van der Waals surface area contributed by atoms with Crippen molar-refractivity contribution in [3.63, 3.8) is 0 Å². The highest BCUT2D eigenvalue weighted by Gasteiger charge is 2.30. The summed E-state index contributed by atoms with van der Waals surface area (Å²) in [5.41, 5.74) is 0. The number of methoxy groups -OCH3 is 2. The molecule has 1 aliphatic heterocycles. The van der Waals surface area contributed by atoms with Gasteiger partial charge in [0.2, 0.25) is 10.0 Å². The lowest BCUT2D eigenvalue weighted by atomic mass is 10.0. The molecule has 6 nitrogen and oxygen atoms in total. The summed E-state index contributed by atoms with van der Waals surface area (Å²) in [6.45, 7) is 2.89. The van der Waals surface area contributed by atoms with E-state index in [0.717, 1.165) is 19.4 Å². The summed E-state index contributed by atoms with van der Waals surface area (Å²) in [5, 5.41) is 3.27. The standard InChI is InChI=1S/C14H22N2O4S.ClH/c1-10-11(6-5-9-15-10)16-21(17,18)14-12(19-2)7-4-8-13(14)20-3;/h4,7-8,10-11,15-16H,5-6,9H2,1-3H3;1H. The van der Waals surface area contributed by atoms with Crippen molar-refractivity contribution in [2.24, 2.45) is 0 Å². The number of ether oxygens (including phenoxy) is 2. The average molecular weight is 351 g/mol.